The molecule has 152 valence electrons. The molecule has 0 spiro atoms. The lowest BCUT2D eigenvalue weighted by molar-refractivity contribution is -0.140. The largest absolute Gasteiger partial charge is 0.489 e. The molecule has 0 amide bonds. The summed E-state index contributed by atoms with van der Waals surface area (Å²) in [7, 11) is 1.70. The van der Waals surface area contributed by atoms with E-state index in [1.54, 1.807) is 48.3 Å². The Morgan fingerprint density at radius 1 is 1.00 bits per heavy atom. The zero-order valence-electron chi connectivity index (χ0n) is 16.1. The third kappa shape index (κ3) is 5.20. The van der Waals surface area contributed by atoms with Gasteiger partial charge in [0.25, 0.3) is 0 Å². The molecule has 3 aromatic rings. The van der Waals surface area contributed by atoms with Gasteiger partial charge in [-0.1, -0.05) is 42.1 Å². The second-order valence-corrected chi connectivity index (χ2v) is 7.56. The van der Waals surface area contributed by atoms with E-state index in [9.17, 15) is 13.2 Å². The predicted octanol–water partition coefficient (Wildman–Crippen LogP) is 6.20. The Morgan fingerprint density at radius 2 is 1.66 bits per heavy atom. The van der Waals surface area contributed by atoms with E-state index in [4.69, 9.17) is 4.74 Å². The highest BCUT2D eigenvalue weighted by Gasteiger charge is 2.35. The number of anilines is 2. The van der Waals surface area contributed by atoms with Gasteiger partial charge in [0.1, 0.15) is 16.3 Å². The Bertz CT molecular complexity index is 965. The molecule has 0 N–H and O–H groups in total. The van der Waals surface area contributed by atoms with Crippen LogP contribution < -0.4 is 9.64 Å². The quantitative estimate of drug-likeness (QED) is 0.445. The molecule has 8 heteroatoms. The Morgan fingerprint density at radius 3 is 2.31 bits per heavy atom. The predicted molar refractivity (Wildman–Crippen MR) is 108 cm³/mol. The Balaban J connectivity index is 2.01. The smallest absolute Gasteiger partial charge is 0.420 e. The van der Waals surface area contributed by atoms with E-state index in [2.05, 4.69) is 9.97 Å². The molecule has 0 aliphatic carbocycles. The molecular formula is C21H20F3N3OS. The molecule has 0 saturated heterocycles. The monoisotopic (exact) mass is 419 g/mol. The first-order chi connectivity index (χ1) is 13.8. The van der Waals surface area contributed by atoms with Gasteiger partial charge in [0.15, 0.2) is 0 Å². The molecule has 0 fully saturated rings. The van der Waals surface area contributed by atoms with Gasteiger partial charge in [-0.05, 0) is 38.1 Å². The molecule has 0 radical (unpaired) electrons. The molecule has 4 nitrogen and oxygen atoms in total. The highest BCUT2D eigenvalue weighted by atomic mass is 32.2. The van der Waals surface area contributed by atoms with Crippen molar-refractivity contribution >= 4 is 23.4 Å². The lowest BCUT2D eigenvalue weighted by Gasteiger charge is -2.23. The second-order valence-electron chi connectivity index (χ2n) is 6.50. The van der Waals surface area contributed by atoms with Crippen molar-refractivity contribution in [1.29, 1.82) is 0 Å². The van der Waals surface area contributed by atoms with Crippen LogP contribution in [0.4, 0.5) is 24.8 Å². The number of ether oxygens (including phenoxy) is 1. The standard InChI is InChI=1S/C21H20F3N3OS/c1-14(2)28-18-12-8-7-11-17(18)27(3)20-25-13-16(21(22,23)24)19(26-20)29-15-9-5-4-6-10-15/h4-14H,1-3H3. The van der Waals surface area contributed by atoms with Crippen LogP contribution in [0.3, 0.4) is 0 Å². The maximum absolute atomic E-state index is 13.5. The van der Waals surface area contributed by atoms with Gasteiger partial charge in [0, 0.05) is 18.1 Å². The number of para-hydroxylation sites is 2. The summed E-state index contributed by atoms with van der Waals surface area (Å²) in [5.41, 5.74) is -0.202. The SMILES string of the molecule is CC(C)Oc1ccccc1N(C)c1ncc(C(F)(F)F)c(Sc2ccccc2)n1. The van der Waals surface area contributed by atoms with Crippen molar-refractivity contribution in [1.82, 2.24) is 9.97 Å². The minimum absolute atomic E-state index is 0.0535. The third-order valence-corrected chi connectivity index (χ3v) is 4.91. The summed E-state index contributed by atoms with van der Waals surface area (Å²) in [5, 5.41) is -0.150. The van der Waals surface area contributed by atoms with Gasteiger partial charge in [0.05, 0.1) is 11.8 Å². The number of aromatic nitrogens is 2. The lowest BCUT2D eigenvalue weighted by atomic mass is 10.2. The van der Waals surface area contributed by atoms with E-state index < -0.39 is 11.7 Å². The fourth-order valence-corrected chi connectivity index (χ4v) is 3.51. The van der Waals surface area contributed by atoms with Crippen LogP contribution in [0.1, 0.15) is 19.4 Å². The molecule has 0 aliphatic heterocycles. The molecular weight excluding hydrogens is 399 g/mol. The van der Waals surface area contributed by atoms with Crippen LogP contribution in [0, 0.1) is 0 Å². The van der Waals surface area contributed by atoms with Crippen LogP contribution in [-0.2, 0) is 6.18 Å². The van der Waals surface area contributed by atoms with Crippen LogP contribution in [-0.4, -0.2) is 23.1 Å². The van der Waals surface area contributed by atoms with Crippen molar-refractivity contribution in [3.63, 3.8) is 0 Å². The Labute approximate surface area is 171 Å². The van der Waals surface area contributed by atoms with Gasteiger partial charge in [-0.3, -0.25) is 0 Å². The Kier molecular flexibility index (Phi) is 6.32. The van der Waals surface area contributed by atoms with Gasteiger partial charge in [0.2, 0.25) is 5.95 Å². The lowest BCUT2D eigenvalue weighted by Crippen LogP contribution is -2.18. The average molecular weight is 419 g/mol. The zero-order valence-corrected chi connectivity index (χ0v) is 17.0. The molecule has 3 rings (SSSR count). The first kappa shape index (κ1) is 21.0. The summed E-state index contributed by atoms with van der Waals surface area (Å²) in [5.74, 6) is 0.752. The van der Waals surface area contributed by atoms with Crippen molar-refractivity contribution in [2.75, 3.05) is 11.9 Å². The molecule has 0 aliphatic rings. The van der Waals surface area contributed by atoms with Crippen LogP contribution in [0.2, 0.25) is 0 Å². The first-order valence-electron chi connectivity index (χ1n) is 8.92. The van der Waals surface area contributed by atoms with Crippen LogP contribution in [0.15, 0.2) is 70.7 Å². The van der Waals surface area contributed by atoms with Crippen LogP contribution >= 0.6 is 11.8 Å². The summed E-state index contributed by atoms with van der Waals surface area (Å²) in [6.45, 7) is 3.81. The minimum atomic E-state index is -4.55. The van der Waals surface area contributed by atoms with Crippen molar-refractivity contribution in [3.05, 3.63) is 66.4 Å². The number of hydrogen-bond acceptors (Lipinski definition) is 5. The number of hydrogen-bond donors (Lipinski definition) is 0. The summed E-state index contributed by atoms with van der Waals surface area (Å²) < 4.78 is 46.3. The van der Waals surface area contributed by atoms with Gasteiger partial charge in [-0.25, -0.2) is 9.97 Å². The summed E-state index contributed by atoms with van der Waals surface area (Å²) in [4.78, 5) is 10.5. The van der Waals surface area contributed by atoms with Crippen LogP contribution in [0.5, 0.6) is 5.75 Å². The van der Waals surface area contributed by atoms with Crippen molar-refractivity contribution in [2.45, 2.75) is 36.0 Å². The molecule has 2 aromatic carbocycles. The zero-order chi connectivity index (χ0) is 21.0. The van der Waals surface area contributed by atoms with E-state index in [-0.39, 0.29) is 17.1 Å². The van der Waals surface area contributed by atoms with Crippen LogP contribution in [0.25, 0.3) is 0 Å². The number of rotatable bonds is 6. The van der Waals surface area contributed by atoms with Gasteiger partial charge >= 0.3 is 6.18 Å². The van der Waals surface area contributed by atoms with Crippen molar-refractivity contribution in [2.24, 2.45) is 0 Å². The molecule has 1 aromatic heterocycles. The summed E-state index contributed by atoms with van der Waals surface area (Å²) in [6.07, 6.45) is -3.77. The average Bonchev–Trinajstić information content (AvgIpc) is 2.67. The summed E-state index contributed by atoms with van der Waals surface area (Å²) >= 11 is 0.954. The number of benzene rings is 2. The van der Waals surface area contributed by atoms with E-state index in [0.717, 1.165) is 18.0 Å². The minimum Gasteiger partial charge on any atom is -0.489 e. The van der Waals surface area contributed by atoms with E-state index in [1.165, 1.54) is 0 Å². The highest BCUT2D eigenvalue weighted by Crippen LogP contribution is 2.40. The molecule has 29 heavy (non-hydrogen) atoms. The molecule has 0 atom stereocenters. The normalized spacial score (nSPS) is 11.6. The van der Waals surface area contributed by atoms with E-state index >= 15 is 0 Å². The summed E-state index contributed by atoms with van der Waals surface area (Å²) in [6, 6.07) is 16.1. The van der Waals surface area contributed by atoms with Crippen molar-refractivity contribution < 1.29 is 17.9 Å². The highest BCUT2D eigenvalue weighted by molar-refractivity contribution is 7.99. The molecule has 0 bridgehead atoms. The second kappa shape index (κ2) is 8.73. The number of alkyl halides is 3. The fourth-order valence-electron chi connectivity index (χ4n) is 2.59. The first-order valence-corrected chi connectivity index (χ1v) is 9.74. The maximum atomic E-state index is 13.5. The number of nitrogens with zero attached hydrogens (tertiary/aromatic N) is 3. The van der Waals surface area contributed by atoms with Gasteiger partial charge < -0.3 is 9.64 Å². The van der Waals surface area contributed by atoms with Gasteiger partial charge in [-0.15, -0.1) is 0 Å². The third-order valence-electron chi connectivity index (χ3n) is 3.89. The van der Waals surface area contributed by atoms with E-state index in [0.29, 0.717) is 16.3 Å². The van der Waals surface area contributed by atoms with Crippen molar-refractivity contribution in [3.8, 4) is 5.75 Å². The maximum Gasteiger partial charge on any atom is 0.420 e. The molecule has 1 heterocycles. The molecule has 0 saturated carbocycles. The fraction of sp³-hybridized carbons (Fsp3) is 0.238. The van der Waals surface area contributed by atoms with E-state index in [1.807, 2.05) is 32.0 Å². The molecule has 0 unspecified atom stereocenters. The van der Waals surface area contributed by atoms with Gasteiger partial charge in [-0.2, -0.15) is 13.2 Å². The number of halogens is 3. The topological polar surface area (TPSA) is 38.2 Å². The Hall–Kier alpha value is -2.74.